The van der Waals surface area contributed by atoms with Crippen molar-refractivity contribution in [2.75, 3.05) is 6.54 Å². The molecular weight excluding hydrogens is 302 g/mol. The summed E-state index contributed by atoms with van der Waals surface area (Å²) in [5.74, 6) is 0. The fourth-order valence-electron chi connectivity index (χ4n) is 2.77. The van der Waals surface area contributed by atoms with Crippen molar-refractivity contribution in [3.63, 3.8) is 0 Å². The van der Waals surface area contributed by atoms with E-state index in [1.54, 1.807) is 0 Å². The first-order valence-corrected chi connectivity index (χ1v) is 7.62. The number of nitrogens with zero attached hydrogens (tertiary/aromatic N) is 2. The number of rotatable bonds is 5. The monoisotopic (exact) mass is 319 g/mol. The van der Waals surface area contributed by atoms with Gasteiger partial charge in [0, 0.05) is 29.5 Å². The molecule has 3 nitrogen and oxygen atoms in total. The second-order valence-corrected chi connectivity index (χ2v) is 5.83. The smallest absolute Gasteiger partial charge is 0.0489 e. The van der Waals surface area contributed by atoms with Crippen LogP contribution in [0.4, 0.5) is 0 Å². The minimum atomic E-state index is 0.519. The van der Waals surface area contributed by atoms with Crippen molar-refractivity contribution in [2.45, 2.75) is 31.8 Å². The molecule has 0 radical (unpaired) electrons. The van der Waals surface area contributed by atoms with Crippen LogP contribution in [-0.2, 0) is 13.0 Å². The van der Waals surface area contributed by atoms with Gasteiger partial charge >= 0.3 is 0 Å². The van der Waals surface area contributed by atoms with Crippen LogP contribution in [0.15, 0.2) is 41.1 Å². The SMILES string of the molecule is Brc1cccc2c1CCC2NCCCn1cccn1. The van der Waals surface area contributed by atoms with Crippen LogP contribution in [-0.4, -0.2) is 16.3 Å². The van der Waals surface area contributed by atoms with E-state index in [-0.39, 0.29) is 0 Å². The number of halogens is 1. The van der Waals surface area contributed by atoms with E-state index in [9.17, 15) is 0 Å². The van der Waals surface area contributed by atoms with E-state index in [1.807, 2.05) is 23.1 Å². The number of nitrogens with one attached hydrogen (secondary N) is 1. The van der Waals surface area contributed by atoms with Crippen LogP contribution in [0, 0.1) is 0 Å². The van der Waals surface area contributed by atoms with Crippen LogP contribution in [0.25, 0.3) is 0 Å². The minimum absolute atomic E-state index is 0.519. The van der Waals surface area contributed by atoms with Crippen LogP contribution < -0.4 is 5.32 Å². The van der Waals surface area contributed by atoms with E-state index in [1.165, 1.54) is 28.4 Å². The van der Waals surface area contributed by atoms with Crippen molar-refractivity contribution in [2.24, 2.45) is 0 Å². The van der Waals surface area contributed by atoms with Gasteiger partial charge < -0.3 is 5.32 Å². The molecule has 19 heavy (non-hydrogen) atoms. The molecule has 0 aliphatic heterocycles. The highest BCUT2D eigenvalue weighted by atomic mass is 79.9. The highest BCUT2D eigenvalue weighted by Gasteiger charge is 2.22. The molecule has 1 atom stereocenters. The van der Waals surface area contributed by atoms with Crippen LogP contribution in [0.2, 0.25) is 0 Å². The summed E-state index contributed by atoms with van der Waals surface area (Å²) in [6, 6.07) is 9.01. The third-order valence-corrected chi connectivity index (χ3v) is 4.47. The van der Waals surface area contributed by atoms with Crippen LogP contribution in [0.3, 0.4) is 0 Å². The molecule has 1 N–H and O–H groups in total. The van der Waals surface area contributed by atoms with Gasteiger partial charge in [-0.3, -0.25) is 4.68 Å². The number of aryl methyl sites for hydroxylation is 1. The first kappa shape index (κ1) is 12.9. The zero-order chi connectivity index (χ0) is 13.1. The average molecular weight is 320 g/mol. The third-order valence-electron chi connectivity index (χ3n) is 3.73. The van der Waals surface area contributed by atoms with Gasteiger partial charge in [0.2, 0.25) is 0 Å². The van der Waals surface area contributed by atoms with E-state index < -0.39 is 0 Å². The summed E-state index contributed by atoms with van der Waals surface area (Å²) in [5.41, 5.74) is 2.94. The maximum absolute atomic E-state index is 4.22. The highest BCUT2D eigenvalue weighted by Crippen LogP contribution is 2.35. The number of benzene rings is 1. The molecule has 1 aromatic heterocycles. The number of fused-ring (bicyclic) bond motifs is 1. The van der Waals surface area contributed by atoms with Gasteiger partial charge in [-0.2, -0.15) is 5.10 Å². The summed E-state index contributed by atoms with van der Waals surface area (Å²) in [5, 5.41) is 7.88. The zero-order valence-corrected chi connectivity index (χ0v) is 12.4. The Morgan fingerprint density at radius 1 is 1.37 bits per heavy atom. The quantitative estimate of drug-likeness (QED) is 0.857. The Bertz CT molecular complexity index is 536. The molecule has 3 rings (SSSR count). The van der Waals surface area contributed by atoms with E-state index in [2.05, 4.69) is 44.5 Å². The second-order valence-electron chi connectivity index (χ2n) is 4.98. The summed E-state index contributed by atoms with van der Waals surface area (Å²) < 4.78 is 3.24. The molecule has 1 aliphatic rings. The predicted octanol–water partition coefficient (Wildman–Crippen LogP) is 3.31. The Morgan fingerprint density at radius 2 is 2.32 bits per heavy atom. The van der Waals surface area contributed by atoms with Gasteiger partial charge in [-0.1, -0.05) is 28.1 Å². The predicted molar refractivity (Wildman–Crippen MR) is 80.1 cm³/mol. The molecule has 0 saturated carbocycles. The second kappa shape index (κ2) is 5.88. The van der Waals surface area contributed by atoms with Crippen molar-refractivity contribution in [3.05, 3.63) is 52.3 Å². The maximum Gasteiger partial charge on any atom is 0.0489 e. The normalized spacial score (nSPS) is 17.6. The van der Waals surface area contributed by atoms with Gasteiger partial charge in [0.15, 0.2) is 0 Å². The molecule has 1 aliphatic carbocycles. The van der Waals surface area contributed by atoms with Crippen molar-refractivity contribution in [1.82, 2.24) is 15.1 Å². The minimum Gasteiger partial charge on any atom is -0.310 e. The third kappa shape index (κ3) is 2.90. The Kier molecular flexibility index (Phi) is 3.99. The lowest BCUT2D eigenvalue weighted by Crippen LogP contribution is -2.21. The number of aromatic nitrogens is 2. The fraction of sp³-hybridized carbons (Fsp3) is 0.400. The molecule has 100 valence electrons. The first-order chi connectivity index (χ1) is 9.34. The van der Waals surface area contributed by atoms with Gasteiger partial charge in [0.1, 0.15) is 0 Å². The van der Waals surface area contributed by atoms with Crippen LogP contribution in [0.1, 0.15) is 30.0 Å². The lowest BCUT2D eigenvalue weighted by atomic mass is 10.1. The van der Waals surface area contributed by atoms with Gasteiger partial charge in [0.05, 0.1) is 0 Å². The largest absolute Gasteiger partial charge is 0.310 e. The molecule has 0 saturated heterocycles. The van der Waals surface area contributed by atoms with Crippen molar-refractivity contribution < 1.29 is 0 Å². The number of hydrogen-bond donors (Lipinski definition) is 1. The standard InChI is InChI=1S/C15H18BrN3/c16-14-5-1-4-13-12(14)6-7-15(13)17-8-2-10-19-11-3-9-18-19/h1,3-5,9,11,15,17H,2,6-8,10H2. The lowest BCUT2D eigenvalue weighted by Gasteiger charge is -2.14. The summed E-state index contributed by atoms with van der Waals surface area (Å²) in [6.45, 7) is 2.02. The molecule has 1 heterocycles. The molecule has 1 unspecified atom stereocenters. The first-order valence-electron chi connectivity index (χ1n) is 6.82. The van der Waals surface area contributed by atoms with Gasteiger partial charge in [-0.05, 0) is 49.1 Å². The Balaban J connectivity index is 1.51. The summed E-state index contributed by atoms with van der Waals surface area (Å²) in [6.07, 6.45) is 7.34. The summed E-state index contributed by atoms with van der Waals surface area (Å²) in [7, 11) is 0. The molecule has 2 aromatic rings. The Hall–Kier alpha value is -1.13. The van der Waals surface area contributed by atoms with Gasteiger partial charge in [-0.15, -0.1) is 0 Å². The molecule has 4 heteroatoms. The summed E-state index contributed by atoms with van der Waals surface area (Å²) >= 11 is 3.64. The average Bonchev–Trinajstić information content (AvgIpc) is 3.05. The number of hydrogen-bond acceptors (Lipinski definition) is 2. The lowest BCUT2D eigenvalue weighted by molar-refractivity contribution is 0.486. The fourth-order valence-corrected chi connectivity index (χ4v) is 3.35. The maximum atomic E-state index is 4.22. The van der Waals surface area contributed by atoms with Crippen molar-refractivity contribution >= 4 is 15.9 Å². The molecule has 0 spiro atoms. The van der Waals surface area contributed by atoms with Crippen molar-refractivity contribution in [3.8, 4) is 0 Å². The Morgan fingerprint density at radius 3 is 3.16 bits per heavy atom. The van der Waals surface area contributed by atoms with Crippen LogP contribution in [0.5, 0.6) is 0 Å². The van der Waals surface area contributed by atoms with Gasteiger partial charge in [-0.25, -0.2) is 0 Å². The zero-order valence-electron chi connectivity index (χ0n) is 10.8. The van der Waals surface area contributed by atoms with E-state index >= 15 is 0 Å². The van der Waals surface area contributed by atoms with Crippen LogP contribution >= 0.6 is 15.9 Å². The molecular formula is C15H18BrN3. The Labute approximate surface area is 122 Å². The molecule has 0 amide bonds. The highest BCUT2D eigenvalue weighted by molar-refractivity contribution is 9.10. The van der Waals surface area contributed by atoms with Crippen molar-refractivity contribution in [1.29, 1.82) is 0 Å². The van der Waals surface area contributed by atoms with Gasteiger partial charge in [0.25, 0.3) is 0 Å². The van der Waals surface area contributed by atoms with E-state index in [0.29, 0.717) is 6.04 Å². The molecule has 0 bridgehead atoms. The molecule has 1 aromatic carbocycles. The molecule has 0 fully saturated rings. The topological polar surface area (TPSA) is 29.9 Å². The van der Waals surface area contributed by atoms with E-state index in [4.69, 9.17) is 0 Å². The summed E-state index contributed by atoms with van der Waals surface area (Å²) in [4.78, 5) is 0. The van der Waals surface area contributed by atoms with E-state index in [0.717, 1.165) is 19.5 Å².